The highest BCUT2D eigenvalue weighted by atomic mass is 19.1. The van der Waals surface area contributed by atoms with Gasteiger partial charge in [0.15, 0.2) is 0 Å². The fourth-order valence-corrected chi connectivity index (χ4v) is 4.94. The van der Waals surface area contributed by atoms with Crippen molar-refractivity contribution in [3.63, 3.8) is 0 Å². The van der Waals surface area contributed by atoms with Gasteiger partial charge in [0.2, 0.25) is 5.91 Å². The number of ether oxygens (including phenoxy) is 1. The van der Waals surface area contributed by atoms with Gasteiger partial charge in [-0.3, -0.25) is 14.5 Å². The number of halogens is 1. The van der Waals surface area contributed by atoms with E-state index >= 15 is 0 Å². The van der Waals surface area contributed by atoms with Crippen molar-refractivity contribution >= 4 is 11.8 Å². The lowest BCUT2D eigenvalue weighted by Crippen LogP contribution is -2.47. The highest BCUT2D eigenvalue weighted by molar-refractivity contribution is 5.98. The fraction of sp³-hybridized carbons (Fsp3) is 0.481. The molecule has 0 aromatic heterocycles. The van der Waals surface area contributed by atoms with Crippen LogP contribution in [-0.2, 0) is 16.1 Å². The van der Waals surface area contributed by atoms with Crippen LogP contribution in [0, 0.1) is 12.7 Å². The molecule has 8 heteroatoms. The smallest absolute Gasteiger partial charge is 0.254 e. The van der Waals surface area contributed by atoms with Crippen molar-refractivity contribution in [3.05, 3.63) is 71.0 Å². The van der Waals surface area contributed by atoms with Gasteiger partial charge < -0.3 is 20.7 Å². The first-order valence-corrected chi connectivity index (χ1v) is 12.4. The molecule has 0 bridgehead atoms. The maximum atomic E-state index is 13.4. The molecule has 3 unspecified atom stereocenters. The number of carbonyl (C=O) groups is 2. The van der Waals surface area contributed by atoms with Crippen molar-refractivity contribution in [1.29, 1.82) is 0 Å². The van der Waals surface area contributed by atoms with Crippen molar-refractivity contribution in [2.45, 2.75) is 50.9 Å². The Morgan fingerprint density at radius 2 is 1.91 bits per heavy atom. The molecule has 0 aliphatic carbocycles. The summed E-state index contributed by atoms with van der Waals surface area (Å²) in [5.41, 5.74) is 8.34. The predicted octanol–water partition coefficient (Wildman–Crippen LogP) is 2.47. The second kappa shape index (κ2) is 11.7. The number of benzene rings is 2. The predicted molar refractivity (Wildman–Crippen MR) is 132 cm³/mol. The van der Waals surface area contributed by atoms with Crippen LogP contribution in [0.5, 0.6) is 0 Å². The monoisotopic (exact) mass is 482 g/mol. The summed E-state index contributed by atoms with van der Waals surface area (Å²) in [6, 6.07) is 13.3. The SMILES string of the molecule is Cc1ccc(CN(CC2CCCO2)C2CC(C(=O)NCCN)N(C(=O)c3ccc(F)cc3)C2)cc1. The molecular weight excluding hydrogens is 447 g/mol. The Morgan fingerprint density at radius 1 is 1.17 bits per heavy atom. The zero-order valence-electron chi connectivity index (χ0n) is 20.3. The molecule has 0 radical (unpaired) electrons. The molecule has 3 atom stereocenters. The fourth-order valence-electron chi connectivity index (χ4n) is 4.94. The third-order valence-corrected chi connectivity index (χ3v) is 6.86. The first-order valence-electron chi connectivity index (χ1n) is 12.4. The largest absolute Gasteiger partial charge is 0.377 e. The van der Waals surface area contributed by atoms with Crippen molar-refractivity contribution < 1.29 is 18.7 Å². The highest BCUT2D eigenvalue weighted by Crippen LogP contribution is 2.28. The Bertz CT molecular complexity index is 992. The maximum absolute atomic E-state index is 13.4. The number of nitrogens with zero attached hydrogens (tertiary/aromatic N) is 2. The summed E-state index contributed by atoms with van der Waals surface area (Å²) in [4.78, 5) is 30.4. The first kappa shape index (κ1) is 25.3. The topological polar surface area (TPSA) is 87.9 Å². The Kier molecular flexibility index (Phi) is 8.49. The van der Waals surface area contributed by atoms with Crippen LogP contribution >= 0.6 is 0 Å². The molecule has 2 saturated heterocycles. The number of likely N-dealkylation sites (tertiary alicyclic amines) is 1. The van der Waals surface area contributed by atoms with Crippen LogP contribution in [0.25, 0.3) is 0 Å². The van der Waals surface area contributed by atoms with Crippen LogP contribution in [0.3, 0.4) is 0 Å². The molecular formula is C27H35FN4O3. The standard InChI is InChI=1S/C27H35FN4O3/c1-19-4-6-20(7-5-19)16-31(18-24-3-2-14-35-24)23-15-25(26(33)30-13-12-29)32(17-23)27(34)21-8-10-22(28)11-9-21/h4-11,23-25H,2-3,12-18,29H2,1H3,(H,30,33). The van der Waals surface area contributed by atoms with Crippen molar-refractivity contribution in [3.8, 4) is 0 Å². The van der Waals surface area contributed by atoms with Crippen molar-refractivity contribution in [2.24, 2.45) is 5.73 Å². The van der Waals surface area contributed by atoms with Gasteiger partial charge in [-0.25, -0.2) is 4.39 Å². The van der Waals surface area contributed by atoms with E-state index in [4.69, 9.17) is 10.5 Å². The quantitative estimate of drug-likeness (QED) is 0.573. The van der Waals surface area contributed by atoms with Gasteiger partial charge in [-0.1, -0.05) is 29.8 Å². The lowest BCUT2D eigenvalue weighted by atomic mass is 10.1. The molecule has 2 aliphatic rings. The summed E-state index contributed by atoms with van der Waals surface area (Å²) in [7, 11) is 0. The van der Waals surface area contributed by atoms with Crippen LogP contribution in [0.1, 0.15) is 40.7 Å². The molecule has 2 fully saturated rings. The molecule has 2 aromatic rings. The van der Waals surface area contributed by atoms with E-state index in [1.807, 2.05) is 0 Å². The number of hydrogen-bond acceptors (Lipinski definition) is 5. The van der Waals surface area contributed by atoms with Crippen LogP contribution in [0.4, 0.5) is 4.39 Å². The minimum absolute atomic E-state index is 0.0153. The Balaban J connectivity index is 1.57. The molecule has 0 saturated carbocycles. The van der Waals surface area contributed by atoms with Crippen LogP contribution < -0.4 is 11.1 Å². The van der Waals surface area contributed by atoms with E-state index in [9.17, 15) is 14.0 Å². The lowest BCUT2D eigenvalue weighted by molar-refractivity contribution is -0.124. The number of hydrogen-bond donors (Lipinski definition) is 2. The lowest BCUT2D eigenvalue weighted by Gasteiger charge is -2.31. The van der Waals surface area contributed by atoms with E-state index < -0.39 is 11.9 Å². The third kappa shape index (κ3) is 6.45. The zero-order valence-corrected chi connectivity index (χ0v) is 20.3. The van der Waals surface area contributed by atoms with Gasteiger partial charge in [-0.15, -0.1) is 0 Å². The second-order valence-corrected chi connectivity index (χ2v) is 9.50. The van der Waals surface area contributed by atoms with Gasteiger partial charge in [0.05, 0.1) is 6.10 Å². The van der Waals surface area contributed by atoms with Crippen LogP contribution in [-0.4, -0.2) is 72.6 Å². The van der Waals surface area contributed by atoms with Gasteiger partial charge in [-0.2, -0.15) is 0 Å². The van der Waals surface area contributed by atoms with E-state index in [1.54, 1.807) is 4.90 Å². The molecule has 3 N–H and O–H groups in total. The van der Waals surface area contributed by atoms with E-state index in [0.717, 1.165) is 26.0 Å². The molecule has 4 rings (SSSR count). The number of nitrogens with one attached hydrogen (secondary N) is 1. The number of rotatable bonds is 9. The summed E-state index contributed by atoms with van der Waals surface area (Å²) >= 11 is 0. The molecule has 2 aromatic carbocycles. The number of carbonyl (C=O) groups excluding carboxylic acids is 2. The molecule has 35 heavy (non-hydrogen) atoms. The van der Waals surface area contributed by atoms with Crippen LogP contribution in [0.2, 0.25) is 0 Å². The van der Waals surface area contributed by atoms with Gasteiger partial charge in [0, 0.05) is 50.9 Å². The zero-order chi connectivity index (χ0) is 24.8. The summed E-state index contributed by atoms with van der Waals surface area (Å²) in [6.07, 6.45) is 2.72. The Labute approximate surface area is 206 Å². The Hall–Kier alpha value is -2.81. The minimum atomic E-state index is -0.617. The van der Waals surface area contributed by atoms with E-state index in [1.165, 1.54) is 35.4 Å². The van der Waals surface area contributed by atoms with Gasteiger partial charge in [-0.05, 0) is 56.0 Å². The summed E-state index contributed by atoms with van der Waals surface area (Å²) in [6.45, 7) is 5.37. The molecule has 188 valence electrons. The van der Waals surface area contributed by atoms with E-state index in [0.29, 0.717) is 38.2 Å². The molecule has 2 amide bonds. The average molecular weight is 483 g/mol. The average Bonchev–Trinajstić information content (AvgIpc) is 3.54. The molecule has 2 aliphatic heterocycles. The van der Waals surface area contributed by atoms with Crippen LogP contribution in [0.15, 0.2) is 48.5 Å². The summed E-state index contributed by atoms with van der Waals surface area (Å²) < 4.78 is 19.4. The van der Waals surface area contributed by atoms with Gasteiger partial charge >= 0.3 is 0 Å². The van der Waals surface area contributed by atoms with E-state index in [2.05, 4.69) is 41.4 Å². The molecule has 0 spiro atoms. The van der Waals surface area contributed by atoms with E-state index in [-0.39, 0.29) is 24.0 Å². The molecule has 2 heterocycles. The maximum Gasteiger partial charge on any atom is 0.254 e. The second-order valence-electron chi connectivity index (χ2n) is 9.50. The third-order valence-electron chi connectivity index (χ3n) is 6.86. The minimum Gasteiger partial charge on any atom is -0.377 e. The highest BCUT2D eigenvalue weighted by Gasteiger charge is 2.42. The summed E-state index contributed by atoms with van der Waals surface area (Å²) in [5.74, 6) is -0.882. The van der Waals surface area contributed by atoms with Gasteiger partial charge in [0.1, 0.15) is 11.9 Å². The van der Waals surface area contributed by atoms with Crippen molar-refractivity contribution in [1.82, 2.24) is 15.1 Å². The summed E-state index contributed by atoms with van der Waals surface area (Å²) in [5, 5.41) is 2.85. The number of amides is 2. The van der Waals surface area contributed by atoms with Gasteiger partial charge in [0.25, 0.3) is 5.91 Å². The normalized spacial score (nSPS) is 22.1. The van der Waals surface area contributed by atoms with Crippen molar-refractivity contribution in [2.75, 3.05) is 32.8 Å². The number of nitrogens with two attached hydrogens (primary N) is 1. The number of aryl methyl sites for hydroxylation is 1. The molecule has 7 nitrogen and oxygen atoms in total. The first-order chi connectivity index (χ1) is 16.9. The Morgan fingerprint density at radius 3 is 2.57 bits per heavy atom.